The number of thiazole rings is 1. The van der Waals surface area contributed by atoms with Gasteiger partial charge >= 0.3 is 5.97 Å². The molecule has 0 bridgehead atoms. The first kappa shape index (κ1) is 18.4. The highest BCUT2D eigenvalue weighted by atomic mass is 32.1. The normalized spacial score (nSPS) is 15.8. The molecule has 0 spiro atoms. The van der Waals surface area contributed by atoms with Gasteiger partial charge in [0.15, 0.2) is 6.61 Å². The van der Waals surface area contributed by atoms with Gasteiger partial charge in [0.25, 0.3) is 5.91 Å². The average molecular weight is 374 g/mol. The maximum absolute atomic E-state index is 12.5. The van der Waals surface area contributed by atoms with Crippen LogP contribution in [0.1, 0.15) is 32.2 Å². The molecule has 7 heteroatoms. The van der Waals surface area contributed by atoms with Crippen LogP contribution >= 0.6 is 11.3 Å². The Morgan fingerprint density at radius 3 is 2.85 bits per heavy atom. The minimum atomic E-state index is -0.730. The molecule has 1 aliphatic heterocycles. The number of amides is 1. The van der Waals surface area contributed by atoms with Crippen LogP contribution in [0.25, 0.3) is 11.3 Å². The van der Waals surface area contributed by atoms with E-state index in [-0.39, 0.29) is 18.6 Å². The monoisotopic (exact) mass is 374 g/mol. The van der Waals surface area contributed by atoms with Crippen molar-refractivity contribution in [2.24, 2.45) is 0 Å². The maximum atomic E-state index is 12.5. The van der Waals surface area contributed by atoms with E-state index >= 15 is 0 Å². The Morgan fingerprint density at radius 1 is 1.42 bits per heavy atom. The molecule has 0 saturated heterocycles. The highest BCUT2D eigenvalue weighted by Crippen LogP contribution is 2.37. The van der Waals surface area contributed by atoms with Crippen LogP contribution < -0.4 is 9.64 Å². The lowest BCUT2D eigenvalue weighted by atomic mass is 10.1. The molecule has 2 heterocycles. The van der Waals surface area contributed by atoms with Crippen molar-refractivity contribution < 1.29 is 19.1 Å². The van der Waals surface area contributed by atoms with E-state index in [2.05, 4.69) is 4.98 Å². The van der Waals surface area contributed by atoms with Crippen LogP contribution in [-0.4, -0.2) is 35.6 Å². The fourth-order valence-corrected chi connectivity index (χ4v) is 3.36. The summed E-state index contributed by atoms with van der Waals surface area (Å²) in [6, 6.07) is 4.83. The second kappa shape index (κ2) is 7.45. The van der Waals surface area contributed by atoms with E-state index in [9.17, 15) is 9.59 Å². The highest BCUT2D eigenvalue weighted by Gasteiger charge is 2.34. The Morgan fingerprint density at radius 2 is 2.19 bits per heavy atom. The van der Waals surface area contributed by atoms with Crippen LogP contribution in [0.5, 0.6) is 5.75 Å². The van der Waals surface area contributed by atoms with Gasteiger partial charge in [-0.3, -0.25) is 9.69 Å². The second-order valence-electron chi connectivity index (χ2n) is 6.32. The lowest BCUT2D eigenvalue weighted by Crippen LogP contribution is -2.49. The van der Waals surface area contributed by atoms with Gasteiger partial charge < -0.3 is 9.47 Å². The summed E-state index contributed by atoms with van der Waals surface area (Å²) in [7, 11) is 0. The fourth-order valence-electron chi connectivity index (χ4n) is 2.74. The van der Waals surface area contributed by atoms with Crippen molar-refractivity contribution in [2.75, 3.05) is 11.5 Å². The summed E-state index contributed by atoms with van der Waals surface area (Å²) in [6.07, 6.45) is 0.532. The zero-order chi connectivity index (χ0) is 18.8. The first-order chi connectivity index (χ1) is 12.4. The fraction of sp³-hybridized carbons (Fsp3) is 0.421. The minimum absolute atomic E-state index is 0.0941. The number of hydrogen-bond donors (Lipinski definition) is 0. The summed E-state index contributed by atoms with van der Waals surface area (Å²) in [4.78, 5) is 30.9. The molecule has 1 aliphatic rings. The van der Waals surface area contributed by atoms with Gasteiger partial charge in [0, 0.05) is 10.9 Å². The lowest BCUT2D eigenvalue weighted by Gasteiger charge is -2.33. The number of hydrogen-bond acceptors (Lipinski definition) is 6. The summed E-state index contributed by atoms with van der Waals surface area (Å²) >= 11 is 1.56. The van der Waals surface area contributed by atoms with Crippen molar-refractivity contribution in [3.8, 4) is 17.0 Å². The van der Waals surface area contributed by atoms with Crippen LogP contribution in [0.3, 0.4) is 0 Å². The van der Waals surface area contributed by atoms with Gasteiger partial charge in [0.1, 0.15) is 11.8 Å². The number of ether oxygens (including phenoxy) is 2. The third-order valence-electron chi connectivity index (χ3n) is 4.37. The van der Waals surface area contributed by atoms with Gasteiger partial charge in [0.05, 0.1) is 22.5 Å². The van der Waals surface area contributed by atoms with E-state index in [1.165, 1.54) is 4.90 Å². The lowest BCUT2D eigenvalue weighted by molar-refractivity contribution is -0.150. The van der Waals surface area contributed by atoms with E-state index in [0.717, 1.165) is 22.7 Å². The molecule has 2 unspecified atom stereocenters. The van der Waals surface area contributed by atoms with Crippen molar-refractivity contribution in [1.82, 2.24) is 4.98 Å². The molecular formula is C19H22N2O4S. The van der Waals surface area contributed by atoms with Crippen LogP contribution in [-0.2, 0) is 14.3 Å². The predicted octanol–water partition coefficient (Wildman–Crippen LogP) is 3.57. The number of aryl methyl sites for hydroxylation is 1. The van der Waals surface area contributed by atoms with Gasteiger partial charge in [0.2, 0.25) is 0 Å². The first-order valence-electron chi connectivity index (χ1n) is 8.62. The summed E-state index contributed by atoms with van der Waals surface area (Å²) in [5.41, 5.74) is 2.28. The summed E-state index contributed by atoms with van der Waals surface area (Å²) < 4.78 is 10.9. The van der Waals surface area contributed by atoms with Crippen LogP contribution in [0.2, 0.25) is 0 Å². The molecule has 0 fully saturated rings. The quantitative estimate of drug-likeness (QED) is 0.749. The molecule has 138 valence electrons. The van der Waals surface area contributed by atoms with Gasteiger partial charge in [-0.25, -0.2) is 9.78 Å². The van der Waals surface area contributed by atoms with Crippen molar-refractivity contribution in [3.63, 3.8) is 0 Å². The third kappa shape index (κ3) is 3.58. The van der Waals surface area contributed by atoms with E-state index in [4.69, 9.17) is 9.47 Å². The number of nitrogens with zero attached hydrogens (tertiary/aromatic N) is 2. The molecule has 1 amide bonds. The number of anilines is 1. The largest absolute Gasteiger partial charge is 0.482 e. The Balaban J connectivity index is 1.95. The number of carbonyl (C=O) groups is 2. The predicted molar refractivity (Wildman–Crippen MR) is 101 cm³/mol. The van der Waals surface area contributed by atoms with E-state index in [1.807, 2.05) is 44.4 Å². The Hall–Kier alpha value is -2.41. The molecule has 26 heavy (non-hydrogen) atoms. The van der Waals surface area contributed by atoms with E-state index in [0.29, 0.717) is 11.4 Å². The average Bonchev–Trinajstić information content (AvgIpc) is 3.06. The molecule has 2 aromatic rings. The molecular weight excluding hydrogens is 352 g/mol. The van der Waals surface area contributed by atoms with Crippen molar-refractivity contribution in [3.05, 3.63) is 28.6 Å². The van der Waals surface area contributed by atoms with Crippen LogP contribution in [0, 0.1) is 6.92 Å². The van der Waals surface area contributed by atoms with Crippen LogP contribution in [0.4, 0.5) is 5.69 Å². The van der Waals surface area contributed by atoms with Crippen molar-refractivity contribution in [1.29, 1.82) is 0 Å². The number of fused-ring (bicyclic) bond motifs is 1. The second-order valence-corrected chi connectivity index (χ2v) is 7.38. The zero-order valence-corrected chi connectivity index (χ0v) is 16.1. The SMILES string of the molecule is CCC(C)OC(=O)C(C)N1C(=O)COc2ccc(-c3csc(C)n3)cc21. The Bertz CT molecular complexity index is 833. The standard InChI is InChI=1S/C19H22N2O4S/c1-5-11(2)25-19(23)12(3)21-16-8-14(15-10-26-13(4)20-15)6-7-17(16)24-9-18(21)22/h6-8,10-12H,5,9H2,1-4H3. The van der Waals surface area contributed by atoms with E-state index < -0.39 is 12.0 Å². The molecule has 3 rings (SSSR count). The topological polar surface area (TPSA) is 68.7 Å². The number of esters is 1. The minimum Gasteiger partial charge on any atom is -0.482 e. The first-order valence-corrected chi connectivity index (χ1v) is 9.50. The smallest absolute Gasteiger partial charge is 0.329 e. The van der Waals surface area contributed by atoms with Gasteiger partial charge in [-0.15, -0.1) is 11.3 Å². The molecule has 6 nitrogen and oxygen atoms in total. The zero-order valence-electron chi connectivity index (χ0n) is 15.3. The van der Waals surface area contributed by atoms with E-state index in [1.54, 1.807) is 18.3 Å². The molecule has 2 atom stereocenters. The Labute approximate surface area is 156 Å². The summed E-state index contributed by atoms with van der Waals surface area (Å²) in [5.74, 6) is -0.114. The highest BCUT2D eigenvalue weighted by molar-refractivity contribution is 7.09. The summed E-state index contributed by atoms with van der Waals surface area (Å²) in [6.45, 7) is 7.31. The maximum Gasteiger partial charge on any atom is 0.329 e. The van der Waals surface area contributed by atoms with Gasteiger partial charge in [-0.2, -0.15) is 0 Å². The molecule has 0 aliphatic carbocycles. The molecule has 0 saturated carbocycles. The molecule has 0 radical (unpaired) electrons. The summed E-state index contributed by atoms with van der Waals surface area (Å²) in [5, 5.41) is 2.93. The Kier molecular flexibility index (Phi) is 5.27. The van der Waals surface area contributed by atoms with Gasteiger partial charge in [-0.05, 0) is 45.4 Å². The van der Waals surface area contributed by atoms with Crippen LogP contribution in [0.15, 0.2) is 23.6 Å². The van der Waals surface area contributed by atoms with Gasteiger partial charge in [-0.1, -0.05) is 6.92 Å². The number of carbonyl (C=O) groups excluding carboxylic acids is 2. The third-order valence-corrected chi connectivity index (χ3v) is 5.15. The van der Waals surface area contributed by atoms with Crippen molar-refractivity contribution in [2.45, 2.75) is 46.3 Å². The number of rotatable bonds is 5. The molecule has 0 N–H and O–H groups in total. The molecule has 1 aromatic carbocycles. The molecule has 1 aromatic heterocycles. The number of benzene rings is 1. The number of aromatic nitrogens is 1. The van der Waals surface area contributed by atoms with Crippen molar-refractivity contribution >= 4 is 28.9 Å².